The van der Waals surface area contributed by atoms with Crippen LogP contribution in [0.15, 0.2) is 65.5 Å². The van der Waals surface area contributed by atoms with Crippen molar-refractivity contribution in [2.45, 2.75) is 12.2 Å². The van der Waals surface area contributed by atoms with Gasteiger partial charge in [-0.15, -0.1) is 0 Å². The third-order valence-electron chi connectivity index (χ3n) is 3.65. The normalized spacial score (nSPS) is 12.6. The molecule has 3 rings (SSSR count). The van der Waals surface area contributed by atoms with Crippen LogP contribution in [0, 0.1) is 0 Å². The van der Waals surface area contributed by atoms with Crippen molar-refractivity contribution < 1.29 is 22.4 Å². The van der Waals surface area contributed by atoms with E-state index in [1.807, 2.05) is 0 Å². The number of nitrogens with one attached hydrogen (secondary N) is 2. The van der Waals surface area contributed by atoms with Crippen molar-refractivity contribution in [1.82, 2.24) is 15.1 Å². The standard InChI is InChI=1S/C17H15F3N4O2/c18-17(19,20)12-5-1-2-6-13(12)23-16(25)21-11-14(15-7-3-10-26-15)24-9-4-8-22-24/h1-10,14H,11H2,(H2,21,23,25). The lowest BCUT2D eigenvalue weighted by Gasteiger charge is -2.17. The van der Waals surface area contributed by atoms with Gasteiger partial charge >= 0.3 is 12.2 Å². The molecule has 2 N–H and O–H groups in total. The highest BCUT2D eigenvalue weighted by Gasteiger charge is 2.33. The van der Waals surface area contributed by atoms with Crippen molar-refractivity contribution in [2.24, 2.45) is 0 Å². The number of amides is 2. The lowest BCUT2D eigenvalue weighted by molar-refractivity contribution is -0.136. The molecule has 3 aromatic rings. The van der Waals surface area contributed by atoms with Gasteiger partial charge in [0.05, 0.1) is 17.5 Å². The van der Waals surface area contributed by atoms with E-state index in [9.17, 15) is 18.0 Å². The van der Waals surface area contributed by atoms with Crippen LogP contribution in [0.3, 0.4) is 0 Å². The second-order valence-corrected chi connectivity index (χ2v) is 5.40. The van der Waals surface area contributed by atoms with Crippen LogP contribution in [0.5, 0.6) is 0 Å². The van der Waals surface area contributed by atoms with Crippen LogP contribution in [0.1, 0.15) is 17.4 Å². The number of furan rings is 1. The molecule has 26 heavy (non-hydrogen) atoms. The van der Waals surface area contributed by atoms with Crippen molar-refractivity contribution >= 4 is 11.7 Å². The summed E-state index contributed by atoms with van der Waals surface area (Å²) in [7, 11) is 0. The number of hydrogen-bond acceptors (Lipinski definition) is 3. The van der Waals surface area contributed by atoms with Gasteiger partial charge in [-0.25, -0.2) is 4.79 Å². The van der Waals surface area contributed by atoms with E-state index in [0.29, 0.717) is 5.76 Å². The average molecular weight is 364 g/mol. The Bertz CT molecular complexity index is 811. The minimum absolute atomic E-state index is 0.0786. The number of urea groups is 1. The molecule has 2 heterocycles. The van der Waals surface area contributed by atoms with E-state index in [0.717, 1.165) is 6.07 Å². The molecule has 1 aromatic carbocycles. The molecule has 0 saturated heterocycles. The summed E-state index contributed by atoms with van der Waals surface area (Å²) in [5.74, 6) is 0.560. The van der Waals surface area contributed by atoms with Crippen LogP contribution in [-0.2, 0) is 6.18 Å². The smallest absolute Gasteiger partial charge is 0.418 e. The third kappa shape index (κ3) is 4.05. The molecule has 0 radical (unpaired) electrons. The predicted octanol–water partition coefficient (Wildman–Crippen LogP) is 3.91. The molecule has 0 aliphatic carbocycles. The van der Waals surface area contributed by atoms with Crippen LogP contribution in [0.2, 0.25) is 0 Å². The summed E-state index contributed by atoms with van der Waals surface area (Å²) in [5, 5.41) is 8.90. The number of alkyl halides is 3. The summed E-state index contributed by atoms with van der Waals surface area (Å²) >= 11 is 0. The molecule has 1 unspecified atom stereocenters. The quantitative estimate of drug-likeness (QED) is 0.721. The molecule has 9 heteroatoms. The molecule has 0 spiro atoms. The number of para-hydroxylation sites is 1. The SMILES string of the molecule is O=C(NCC(c1ccco1)n1cccn1)Nc1ccccc1C(F)(F)F. The Labute approximate surface area is 146 Å². The first-order valence-corrected chi connectivity index (χ1v) is 7.69. The van der Waals surface area contributed by atoms with Gasteiger partial charge in [0, 0.05) is 18.9 Å². The molecule has 0 fully saturated rings. The molecule has 2 aromatic heterocycles. The van der Waals surface area contributed by atoms with Crippen LogP contribution in [0.4, 0.5) is 23.7 Å². The molecule has 2 amide bonds. The lowest BCUT2D eigenvalue weighted by atomic mass is 10.1. The first-order valence-electron chi connectivity index (χ1n) is 7.69. The summed E-state index contributed by atoms with van der Waals surface area (Å²) in [6.45, 7) is 0.0786. The lowest BCUT2D eigenvalue weighted by Crippen LogP contribution is -2.35. The van der Waals surface area contributed by atoms with Crippen LogP contribution >= 0.6 is 0 Å². The number of carbonyl (C=O) groups excluding carboxylic acids is 1. The Hall–Kier alpha value is -3.23. The van der Waals surface area contributed by atoms with Gasteiger partial charge in [0.25, 0.3) is 0 Å². The van der Waals surface area contributed by atoms with Crippen molar-refractivity contribution in [2.75, 3.05) is 11.9 Å². The fourth-order valence-electron chi connectivity index (χ4n) is 2.47. The van der Waals surface area contributed by atoms with Crippen molar-refractivity contribution in [3.63, 3.8) is 0 Å². The Morgan fingerprint density at radius 3 is 2.65 bits per heavy atom. The number of rotatable bonds is 5. The number of hydrogen-bond donors (Lipinski definition) is 2. The van der Waals surface area contributed by atoms with Crippen LogP contribution in [-0.4, -0.2) is 22.4 Å². The van der Waals surface area contributed by atoms with Gasteiger partial charge in [-0.1, -0.05) is 12.1 Å². The first-order chi connectivity index (χ1) is 12.4. The molecule has 136 valence electrons. The molecule has 6 nitrogen and oxygen atoms in total. The van der Waals surface area contributed by atoms with Gasteiger partial charge < -0.3 is 15.1 Å². The maximum atomic E-state index is 13.0. The summed E-state index contributed by atoms with van der Waals surface area (Å²) in [6, 6.07) is 8.74. The zero-order valence-electron chi connectivity index (χ0n) is 13.4. The van der Waals surface area contributed by atoms with E-state index in [2.05, 4.69) is 15.7 Å². The number of nitrogens with zero attached hydrogens (tertiary/aromatic N) is 2. The van der Waals surface area contributed by atoms with Crippen molar-refractivity contribution in [3.8, 4) is 0 Å². The Morgan fingerprint density at radius 1 is 1.19 bits per heavy atom. The second kappa shape index (κ2) is 7.34. The molecule has 0 aliphatic heterocycles. The van der Waals surface area contributed by atoms with Gasteiger partial charge in [0.1, 0.15) is 11.8 Å². The number of aromatic nitrogens is 2. The van der Waals surface area contributed by atoms with E-state index in [4.69, 9.17) is 4.42 Å². The summed E-state index contributed by atoms with van der Waals surface area (Å²) in [5.41, 5.74) is -1.23. The Balaban J connectivity index is 1.69. The number of anilines is 1. The fraction of sp³-hybridized carbons (Fsp3) is 0.176. The van der Waals surface area contributed by atoms with Gasteiger partial charge in [-0.2, -0.15) is 18.3 Å². The Kier molecular flexibility index (Phi) is 4.97. The molecular weight excluding hydrogens is 349 g/mol. The highest BCUT2D eigenvalue weighted by atomic mass is 19.4. The predicted molar refractivity (Wildman–Crippen MR) is 87.5 cm³/mol. The summed E-state index contributed by atoms with van der Waals surface area (Å²) < 4.78 is 45.9. The van der Waals surface area contributed by atoms with Crippen molar-refractivity contribution in [1.29, 1.82) is 0 Å². The van der Waals surface area contributed by atoms with E-state index < -0.39 is 23.8 Å². The average Bonchev–Trinajstić information content (AvgIpc) is 3.28. The summed E-state index contributed by atoms with van der Waals surface area (Å²) in [6.07, 6.45) is 0.211. The molecular formula is C17H15F3N4O2. The third-order valence-corrected chi connectivity index (χ3v) is 3.65. The highest BCUT2D eigenvalue weighted by Crippen LogP contribution is 2.34. The topological polar surface area (TPSA) is 72.1 Å². The fourth-order valence-corrected chi connectivity index (χ4v) is 2.47. The largest absolute Gasteiger partial charge is 0.467 e. The number of halogens is 3. The van der Waals surface area contributed by atoms with E-state index in [-0.39, 0.29) is 12.2 Å². The van der Waals surface area contributed by atoms with E-state index in [1.165, 1.54) is 24.5 Å². The minimum Gasteiger partial charge on any atom is -0.467 e. The maximum absolute atomic E-state index is 13.0. The number of benzene rings is 1. The van der Waals surface area contributed by atoms with Crippen molar-refractivity contribution in [3.05, 3.63) is 72.4 Å². The summed E-state index contributed by atoms with van der Waals surface area (Å²) in [4.78, 5) is 12.1. The van der Waals surface area contributed by atoms with Gasteiger partial charge in [-0.3, -0.25) is 4.68 Å². The highest BCUT2D eigenvalue weighted by molar-refractivity contribution is 5.90. The zero-order chi connectivity index (χ0) is 18.6. The van der Waals surface area contributed by atoms with Gasteiger partial charge in [0.15, 0.2) is 0 Å². The van der Waals surface area contributed by atoms with Crippen LogP contribution in [0.25, 0.3) is 0 Å². The van der Waals surface area contributed by atoms with Gasteiger partial charge in [0.2, 0.25) is 0 Å². The molecule has 1 atom stereocenters. The zero-order valence-corrected chi connectivity index (χ0v) is 13.4. The van der Waals surface area contributed by atoms with E-state index >= 15 is 0 Å². The number of carbonyl (C=O) groups is 1. The Morgan fingerprint density at radius 2 is 2.00 bits per heavy atom. The van der Waals surface area contributed by atoms with Crippen LogP contribution < -0.4 is 10.6 Å². The monoisotopic (exact) mass is 364 g/mol. The minimum atomic E-state index is -4.56. The van der Waals surface area contributed by atoms with Gasteiger partial charge in [-0.05, 0) is 30.3 Å². The van der Waals surface area contributed by atoms with E-state index in [1.54, 1.807) is 35.3 Å². The second-order valence-electron chi connectivity index (χ2n) is 5.40. The first kappa shape index (κ1) is 17.6. The maximum Gasteiger partial charge on any atom is 0.418 e. The molecule has 0 saturated carbocycles. The molecule has 0 aliphatic rings. The molecule has 0 bridgehead atoms.